The van der Waals surface area contributed by atoms with Crippen LogP contribution in [0.2, 0.25) is 0 Å². The smallest absolute Gasteiger partial charge is 0.195 e. The largest absolute Gasteiger partial charge is 0.493 e. The second kappa shape index (κ2) is 9.45. The molecule has 0 saturated heterocycles. The van der Waals surface area contributed by atoms with Gasteiger partial charge >= 0.3 is 0 Å². The molecule has 0 aliphatic rings. The second-order valence-electron chi connectivity index (χ2n) is 5.97. The van der Waals surface area contributed by atoms with Crippen LogP contribution in [0.5, 0.6) is 11.5 Å². The number of hydrogen-bond donors (Lipinski definition) is 2. The number of benzene rings is 2. The topological polar surface area (TPSA) is 72.7 Å². The lowest BCUT2D eigenvalue weighted by atomic mass is 10.2. The van der Waals surface area contributed by atoms with Crippen LogP contribution in [0.1, 0.15) is 12.5 Å². The van der Waals surface area contributed by atoms with Gasteiger partial charge in [0.1, 0.15) is 0 Å². The number of hydrogen-bond acceptors (Lipinski definition) is 4. The van der Waals surface area contributed by atoms with Crippen molar-refractivity contribution in [1.82, 2.24) is 15.1 Å². The van der Waals surface area contributed by atoms with E-state index >= 15 is 0 Å². The molecule has 3 aromatic rings. The first-order valence-corrected chi connectivity index (χ1v) is 9.11. The van der Waals surface area contributed by atoms with Gasteiger partial charge in [0.25, 0.3) is 0 Å². The van der Waals surface area contributed by atoms with Gasteiger partial charge in [0, 0.05) is 37.7 Å². The normalized spacial score (nSPS) is 11.2. The van der Waals surface area contributed by atoms with Crippen molar-refractivity contribution in [2.45, 2.75) is 13.5 Å². The molecule has 0 amide bonds. The molecule has 2 N–H and O–H groups in total. The summed E-state index contributed by atoms with van der Waals surface area (Å²) in [4.78, 5) is 4.29. The first-order valence-electron chi connectivity index (χ1n) is 9.11. The zero-order valence-electron chi connectivity index (χ0n) is 16.3. The Labute approximate surface area is 165 Å². The van der Waals surface area contributed by atoms with Crippen molar-refractivity contribution in [2.24, 2.45) is 4.99 Å². The maximum atomic E-state index is 5.63. The number of anilines is 1. The van der Waals surface area contributed by atoms with Gasteiger partial charge in [-0.3, -0.25) is 4.99 Å². The Bertz CT molecular complexity index is 922. The fraction of sp³-hybridized carbons (Fsp3) is 0.238. The summed E-state index contributed by atoms with van der Waals surface area (Å²) in [6, 6.07) is 15.8. The van der Waals surface area contributed by atoms with E-state index in [9.17, 15) is 0 Å². The van der Waals surface area contributed by atoms with Gasteiger partial charge < -0.3 is 20.1 Å². The van der Waals surface area contributed by atoms with Crippen molar-refractivity contribution >= 4 is 11.6 Å². The highest BCUT2D eigenvalue weighted by Gasteiger charge is 2.07. The van der Waals surface area contributed by atoms with Crippen LogP contribution in [0.4, 0.5) is 5.69 Å². The predicted molar refractivity (Wildman–Crippen MR) is 112 cm³/mol. The highest BCUT2D eigenvalue weighted by Crippen LogP contribution is 2.30. The molecule has 0 radical (unpaired) electrons. The van der Waals surface area contributed by atoms with Gasteiger partial charge in [-0.2, -0.15) is 5.10 Å². The Kier molecular flexibility index (Phi) is 6.51. The van der Waals surface area contributed by atoms with Crippen LogP contribution in [0.25, 0.3) is 5.69 Å². The summed E-state index contributed by atoms with van der Waals surface area (Å²) in [6.45, 7) is 3.14. The molecule has 0 saturated carbocycles. The van der Waals surface area contributed by atoms with Crippen molar-refractivity contribution < 1.29 is 9.47 Å². The van der Waals surface area contributed by atoms with E-state index in [1.54, 1.807) is 20.4 Å². The van der Waals surface area contributed by atoms with Crippen LogP contribution in [0, 0.1) is 0 Å². The summed E-state index contributed by atoms with van der Waals surface area (Å²) in [5.74, 6) is 2.06. The molecule has 2 aromatic carbocycles. The third kappa shape index (κ3) is 4.82. The average molecular weight is 379 g/mol. The van der Waals surface area contributed by atoms with Crippen LogP contribution in [0.3, 0.4) is 0 Å². The highest BCUT2D eigenvalue weighted by atomic mass is 16.5. The van der Waals surface area contributed by atoms with Crippen LogP contribution >= 0.6 is 0 Å². The van der Waals surface area contributed by atoms with Gasteiger partial charge in [-0.1, -0.05) is 12.1 Å². The number of nitrogens with zero attached hydrogens (tertiary/aromatic N) is 3. The Morgan fingerprint density at radius 1 is 1.14 bits per heavy atom. The number of aromatic nitrogens is 2. The van der Waals surface area contributed by atoms with E-state index in [2.05, 4.69) is 32.9 Å². The molecule has 1 aromatic heterocycles. The quantitative estimate of drug-likeness (QED) is 0.486. The third-order valence-corrected chi connectivity index (χ3v) is 4.09. The van der Waals surface area contributed by atoms with E-state index in [4.69, 9.17) is 9.47 Å². The molecule has 0 bridgehead atoms. The van der Waals surface area contributed by atoms with E-state index < -0.39 is 0 Å². The summed E-state index contributed by atoms with van der Waals surface area (Å²) in [6.07, 6.45) is 3.69. The molecule has 0 spiro atoms. The molecular weight excluding hydrogens is 354 g/mol. The minimum atomic E-state index is 0.569. The third-order valence-electron chi connectivity index (χ3n) is 4.09. The van der Waals surface area contributed by atoms with Gasteiger partial charge in [-0.05, 0) is 42.8 Å². The van der Waals surface area contributed by atoms with Crippen molar-refractivity contribution in [3.05, 3.63) is 66.5 Å². The van der Waals surface area contributed by atoms with Gasteiger partial charge in [0.05, 0.1) is 19.4 Å². The van der Waals surface area contributed by atoms with Crippen molar-refractivity contribution in [2.75, 3.05) is 26.1 Å². The molecule has 0 fully saturated rings. The lowest BCUT2D eigenvalue weighted by Crippen LogP contribution is -2.30. The van der Waals surface area contributed by atoms with Gasteiger partial charge in [-0.15, -0.1) is 0 Å². The van der Waals surface area contributed by atoms with E-state index in [0.717, 1.165) is 16.9 Å². The molecule has 146 valence electrons. The monoisotopic (exact) mass is 379 g/mol. The SMILES string of the molecule is CCOc1cc(NC(=NC)NCc2cccc(-n3cccn3)c2)ccc1OC. The Balaban J connectivity index is 1.66. The van der Waals surface area contributed by atoms with Crippen molar-refractivity contribution in [1.29, 1.82) is 0 Å². The lowest BCUT2D eigenvalue weighted by Gasteiger charge is -2.15. The van der Waals surface area contributed by atoms with Crippen LogP contribution in [-0.4, -0.2) is 36.5 Å². The number of aliphatic imine (C=N–C) groups is 1. The lowest BCUT2D eigenvalue weighted by molar-refractivity contribution is 0.311. The number of rotatable bonds is 7. The standard InChI is InChI=1S/C21H25N5O2/c1-4-28-20-14-17(9-10-19(20)27-3)25-21(22-2)23-15-16-7-5-8-18(13-16)26-12-6-11-24-26/h5-14H,4,15H2,1-3H3,(H2,22,23,25). The molecule has 0 aliphatic carbocycles. The first kappa shape index (κ1) is 19.3. The minimum Gasteiger partial charge on any atom is -0.493 e. The fourth-order valence-electron chi connectivity index (χ4n) is 2.75. The number of ether oxygens (including phenoxy) is 2. The van der Waals surface area contributed by atoms with Gasteiger partial charge in [0.2, 0.25) is 0 Å². The molecule has 0 aliphatic heterocycles. The maximum Gasteiger partial charge on any atom is 0.195 e. The predicted octanol–water partition coefficient (Wildman–Crippen LogP) is 3.47. The second-order valence-corrected chi connectivity index (χ2v) is 5.97. The summed E-state index contributed by atoms with van der Waals surface area (Å²) >= 11 is 0. The number of guanidine groups is 1. The van der Waals surface area contributed by atoms with E-state index in [1.807, 2.05) is 54.2 Å². The zero-order valence-corrected chi connectivity index (χ0v) is 16.3. The summed E-state index contributed by atoms with van der Waals surface area (Å²) < 4.78 is 12.8. The van der Waals surface area contributed by atoms with Crippen LogP contribution in [0.15, 0.2) is 65.9 Å². The molecule has 1 heterocycles. The average Bonchev–Trinajstić information content (AvgIpc) is 3.27. The summed E-state index contributed by atoms with van der Waals surface area (Å²) in [7, 11) is 3.37. The minimum absolute atomic E-state index is 0.569. The zero-order chi connectivity index (χ0) is 19.8. The maximum absolute atomic E-state index is 5.63. The van der Waals surface area contributed by atoms with Crippen LogP contribution < -0.4 is 20.1 Å². The highest BCUT2D eigenvalue weighted by molar-refractivity contribution is 5.93. The Morgan fingerprint density at radius 2 is 2.04 bits per heavy atom. The summed E-state index contributed by atoms with van der Waals surface area (Å²) in [5, 5.41) is 10.9. The van der Waals surface area contributed by atoms with E-state index in [0.29, 0.717) is 30.6 Å². The Morgan fingerprint density at radius 3 is 2.75 bits per heavy atom. The molecule has 3 rings (SSSR count). The van der Waals surface area contributed by atoms with Crippen LogP contribution in [-0.2, 0) is 6.54 Å². The van der Waals surface area contributed by atoms with Crippen molar-refractivity contribution in [3.63, 3.8) is 0 Å². The molecular formula is C21H25N5O2. The molecule has 28 heavy (non-hydrogen) atoms. The first-order chi connectivity index (χ1) is 13.7. The molecule has 7 heteroatoms. The van der Waals surface area contributed by atoms with Gasteiger partial charge in [-0.25, -0.2) is 4.68 Å². The summed E-state index contributed by atoms with van der Waals surface area (Å²) in [5.41, 5.74) is 3.01. The number of nitrogens with one attached hydrogen (secondary N) is 2. The number of methoxy groups -OCH3 is 1. The Hall–Kier alpha value is -3.48. The van der Waals surface area contributed by atoms with E-state index in [-0.39, 0.29) is 0 Å². The molecule has 7 nitrogen and oxygen atoms in total. The fourth-order valence-corrected chi connectivity index (χ4v) is 2.75. The van der Waals surface area contributed by atoms with E-state index in [1.165, 1.54) is 0 Å². The molecule has 0 atom stereocenters. The van der Waals surface area contributed by atoms with Gasteiger partial charge in [0.15, 0.2) is 17.5 Å². The van der Waals surface area contributed by atoms with Crippen molar-refractivity contribution in [3.8, 4) is 17.2 Å². The molecule has 0 unspecified atom stereocenters.